The quantitative estimate of drug-likeness (QED) is 0.717. The molecule has 4 N–H and O–H groups in total. The van der Waals surface area contributed by atoms with Gasteiger partial charge in [0.05, 0.1) is 29.6 Å². The molecule has 0 bridgehead atoms. The second-order valence-corrected chi connectivity index (χ2v) is 5.27. The van der Waals surface area contributed by atoms with Gasteiger partial charge in [-0.1, -0.05) is 6.92 Å². The van der Waals surface area contributed by atoms with Crippen LogP contribution in [0.3, 0.4) is 0 Å². The van der Waals surface area contributed by atoms with Crippen LogP contribution in [0.2, 0.25) is 0 Å². The molecular weight excluding hydrogens is 272 g/mol. The summed E-state index contributed by atoms with van der Waals surface area (Å²) in [5, 5.41) is 33.3. The van der Waals surface area contributed by atoms with Crippen molar-refractivity contribution in [3.05, 3.63) is 30.1 Å². The summed E-state index contributed by atoms with van der Waals surface area (Å²) in [6.45, 7) is 1.36. The number of ether oxygens (including phenoxy) is 1. The van der Waals surface area contributed by atoms with E-state index >= 15 is 0 Å². The smallest absolute Gasteiger partial charge is 0.201 e. The van der Waals surface area contributed by atoms with Gasteiger partial charge in [-0.05, 0) is 18.2 Å². The van der Waals surface area contributed by atoms with Gasteiger partial charge in [-0.3, -0.25) is 0 Å². The molecule has 0 saturated carbocycles. The number of nitrogens with zero attached hydrogens (tertiary/aromatic N) is 3. The van der Waals surface area contributed by atoms with Crippen LogP contribution >= 0.6 is 0 Å². The SMILES string of the molecule is C[C@H]1[C@H](O)[C@@H](CO)O[C@@]1(C#N)c1ccc2c(N)ccnn12. The summed E-state index contributed by atoms with van der Waals surface area (Å²) in [5.74, 6) is -0.513. The van der Waals surface area contributed by atoms with Crippen molar-refractivity contribution in [2.45, 2.75) is 24.7 Å². The zero-order valence-corrected chi connectivity index (χ0v) is 11.5. The van der Waals surface area contributed by atoms with Crippen LogP contribution in [0.5, 0.6) is 0 Å². The molecule has 7 heteroatoms. The van der Waals surface area contributed by atoms with Gasteiger partial charge in [0.15, 0.2) is 0 Å². The van der Waals surface area contributed by atoms with Gasteiger partial charge in [0.1, 0.15) is 12.2 Å². The molecule has 7 nitrogen and oxygen atoms in total. The number of nitrogens with two attached hydrogens (primary N) is 1. The van der Waals surface area contributed by atoms with Crippen LogP contribution in [0, 0.1) is 17.2 Å². The van der Waals surface area contributed by atoms with Gasteiger partial charge in [-0.2, -0.15) is 10.4 Å². The summed E-state index contributed by atoms with van der Waals surface area (Å²) < 4.78 is 7.24. The minimum absolute atomic E-state index is 0.353. The maximum atomic E-state index is 10.2. The van der Waals surface area contributed by atoms with E-state index in [2.05, 4.69) is 11.2 Å². The van der Waals surface area contributed by atoms with Gasteiger partial charge in [0.25, 0.3) is 0 Å². The van der Waals surface area contributed by atoms with E-state index in [0.29, 0.717) is 16.9 Å². The third-order valence-corrected chi connectivity index (χ3v) is 4.19. The molecule has 110 valence electrons. The molecule has 1 fully saturated rings. The van der Waals surface area contributed by atoms with E-state index in [1.54, 1.807) is 29.6 Å². The van der Waals surface area contributed by atoms with Crippen LogP contribution < -0.4 is 5.73 Å². The first-order valence-corrected chi connectivity index (χ1v) is 6.66. The van der Waals surface area contributed by atoms with E-state index in [1.165, 1.54) is 6.20 Å². The minimum atomic E-state index is -1.37. The number of fused-ring (bicyclic) bond motifs is 1. The number of rotatable bonds is 2. The summed E-state index contributed by atoms with van der Waals surface area (Å²) in [6.07, 6.45) is -0.191. The monoisotopic (exact) mass is 288 g/mol. The van der Waals surface area contributed by atoms with Crippen LogP contribution in [0.4, 0.5) is 5.69 Å². The molecule has 1 aliphatic rings. The second kappa shape index (κ2) is 4.70. The molecular formula is C14H16N4O3. The van der Waals surface area contributed by atoms with Gasteiger partial charge in [0.2, 0.25) is 5.60 Å². The van der Waals surface area contributed by atoms with Gasteiger partial charge in [0, 0.05) is 12.1 Å². The van der Waals surface area contributed by atoms with Crippen LogP contribution in [-0.2, 0) is 10.3 Å². The molecule has 0 aromatic carbocycles. The molecule has 0 amide bonds. The Morgan fingerprint density at radius 3 is 2.90 bits per heavy atom. The highest BCUT2D eigenvalue weighted by atomic mass is 16.5. The Bertz CT molecular complexity index is 723. The van der Waals surface area contributed by atoms with Crippen molar-refractivity contribution in [1.82, 2.24) is 9.61 Å². The van der Waals surface area contributed by atoms with E-state index < -0.39 is 23.7 Å². The van der Waals surface area contributed by atoms with Crippen molar-refractivity contribution < 1.29 is 14.9 Å². The van der Waals surface area contributed by atoms with E-state index in [-0.39, 0.29) is 6.61 Å². The molecule has 2 aromatic heterocycles. The Morgan fingerprint density at radius 1 is 1.52 bits per heavy atom. The topological polar surface area (TPSA) is 117 Å². The molecule has 21 heavy (non-hydrogen) atoms. The fourth-order valence-electron chi connectivity index (χ4n) is 2.92. The molecule has 0 unspecified atom stereocenters. The van der Waals surface area contributed by atoms with Gasteiger partial charge >= 0.3 is 0 Å². The first-order chi connectivity index (χ1) is 10.0. The van der Waals surface area contributed by atoms with Crippen molar-refractivity contribution in [3.63, 3.8) is 0 Å². The zero-order valence-electron chi connectivity index (χ0n) is 11.5. The van der Waals surface area contributed by atoms with E-state index in [1.807, 2.05) is 0 Å². The Morgan fingerprint density at radius 2 is 2.29 bits per heavy atom. The lowest BCUT2D eigenvalue weighted by Gasteiger charge is -2.25. The lowest BCUT2D eigenvalue weighted by molar-refractivity contribution is -0.0545. The number of nitriles is 1. The predicted molar refractivity (Wildman–Crippen MR) is 74.0 cm³/mol. The maximum absolute atomic E-state index is 10.2. The standard InChI is InChI=1S/C14H16N4O3/c1-8-13(20)11(6-19)21-14(8,7-15)12-3-2-10-9(16)4-5-17-18(10)12/h2-5,8,11,13,19-20H,6,16H2,1H3/t8-,11+,13-,14+/m0/s1. The van der Waals surface area contributed by atoms with Crippen molar-refractivity contribution >= 4 is 11.2 Å². The third kappa shape index (κ3) is 1.74. The molecule has 2 aromatic rings. The summed E-state index contributed by atoms with van der Waals surface area (Å²) in [6, 6.07) is 7.28. The average molecular weight is 288 g/mol. The highest BCUT2D eigenvalue weighted by Crippen LogP contribution is 2.44. The van der Waals surface area contributed by atoms with Crippen LogP contribution in [0.25, 0.3) is 5.52 Å². The first-order valence-electron chi connectivity index (χ1n) is 6.66. The molecule has 4 atom stereocenters. The largest absolute Gasteiger partial charge is 0.397 e. The predicted octanol–water partition coefficient (Wildman–Crippen LogP) is 0.0235. The Labute approximate surface area is 121 Å². The lowest BCUT2D eigenvalue weighted by atomic mass is 9.85. The molecule has 0 aliphatic carbocycles. The fourth-order valence-corrected chi connectivity index (χ4v) is 2.92. The van der Waals surface area contributed by atoms with Crippen LogP contribution in [0.1, 0.15) is 12.6 Å². The average Bonchev–Trinajstić information content (AvgIpc) is 3.03. The third-order valence-electron chi connectivity index (χ3n) is 4.19. The highest BCUT2D eigenvalue weighted by Gasteiger charge is 2.55. The molecule has 0 radical (unpaired) electrons. The molecule has 1 aliphatic heterocycles. The van der Waals surface area contributed by atoms with Gasteiger partial charge in [-0.15, -0.1) is 0 Å². The fraction of sp³-hybridized carbons (Fsp3) is 0.429. The Kier molecular flexibility index (Phi) is 3.10. The van der Waals surface area contributed by atoms with E-state index in [4.69, 9.17) is 10.5 Å². The normalized spacial score (nSPS) is 32.4. The number of aromatic nitrogens is 2. The van der Waals surface area contributed by atoms with Crippen molar-refractivity contribution in [3.8, 4) is 6.07 Å². The zero-order chi connectivity index (χ0) is 15.2. The van der Waals surface area contributed by atoms with Gasteiger partial charge in [-0.25, -0.2) is 4.52 Å². The lowest BCUT2D eigenvalue weighted by Crippen LogP contribution is -2.34. The maximum Gasteiger partial charge on any atom is 0.201 e. The number of anilines is 1. The van der Waals surface area contributed by atoms with Crippen molar-refractivity contribution in [1.29, 1.82) is 5.26 Å². The molecule has 3 rings (SSSR count). The van der Waals surface area contributed by atoms with Gasteiger partial charge < -0.3 is 20.7 Å². The Hall–Kier alpha value is -2.14. The summed E-state index contributed by atoms with van der Waals surface area (Å²) in [7, 11) is 0. The summed E-state index contributed by atoms with van der Waals surface area (Å²) in [4.78, 5) is 0. The first kappa shape index (κ1) is 13.8. The number of aliphatic hydroxyl groups is 2. The molecule has 0 spiro atoms. The summed E-state index contributed by atoms with van der Waals surface area (Å²) in [5.41, 5.74) is 6.22. The number of aliphatic hydroxyl groups excluding tert-OH is 2. The van der Waals surface area contributed by atoms with Crippen molar-refractivity contribution in [2.75, 3.05) is 12.3 Å². The van der Waals surface area contributed by atoms with E-state index in [0.717, 1.165) is 0 Å². The van der Waals surface area contributed by atoms with E-state index in [9.17, 15) is 15.5 Å². The second-order valence-electron chi connectivity index (χ2n) is 5.27. The highest BCUT2D eigenvalue weighted by molar-refractivity contribution is 5.69. The number of hydrogen-bond acceptors (Lipinski definition) is 6. The number of hydrogen-bond donors (Lipinski definition) is 3. The van der Waals surface area contributed by atoms with Crippen molar-refractivity contribution in [2.24, 2.45) is 5.92 Å². The van der Waals surface area contributed by atoms with Crippen LogP contribution in [-0.4, -0.2) is 38.6 Å². The molecule has 3 heterocycles. The van der Waals surface area contributed by atoms with Crippen LogP contribution in [0.15, 0.2) is 24.4 Å². The summed E-state index contributed by atoms with van der Waals surface area (Å²) >= 11 is 0. The minimum Gasteiger partial charge on any atom is -0.397 e. The number of nitrogen functional groups attached to an aromatic ring is 1. The Balaban J connectivity index is 2.20. The molecule has 1 saturated heterocycles.